The van der Waals surface area contributed by atoms with E-state index < -0.39 is 6.16 Å². The van der Waals surface area contributed by atoms with Gasteiger partial charge in [0.05, 0.1) is 0 Å². The molecule has 0 aliphatic carbocycles. The van der Waals surface area contributed by atoms with E-state index in [9.17, 15) is 0 Å². The van der Waals surface area contributed by atoms with Gasteiger partial charge in [0.15, 0.2) is 0 Å². The average Bonchev–Trinajstić information content (AvgIpc) is 1.85. The van der Waals surface area contributed by atoms with Gasteiger partial charge in [-0.3, -0.25) is 0 Å². The molecule has 0 saturated carbocycles. The van der Waals surface area contributed by atoms with Gasteiger partial charge in [-0.15, -0.1) is 13.2 Å². The molecule has 0 unspecified atom stereocenters. The Morgan fingerprint density at radius 1 is 1.40 bits per heavy atom. The first-order valence-electron chi connectivity index (χ1n) is 2.71. The zero-order valence-corrected chi connectivity index (χ0v) is 5.95. The van der Waals surface area contributed by atoms with Crippen LogP contribution in [-0.2, 0) is 0 Å². The molecule has 0 spiro atoms. The Bertz CT molecular complexity index is 106. The molecule has 0 aromatic carbocycles. The SMILES string of the molecule is C=CC(C)C=C.O=C(O)O. The number of hydrogen-bond acceptors (Lipinski definition) is 1. The smallest absolute Gasteiger partial charge is 0.450 e. The Hall–Kier alpha value is -1.25. The van der Waals surface area contributed by atoms with Gasteiger partial charge in [0.2, 0.25) is 0 Å². The van der Waals surface area contributed by atoms with Crippen LogP contribution in [0.4, 0.5) is 4.79 Å². The van der Waals surface area contributed by atoms with E-state index in [1.165, 1.54) is 0 Å². The van der Waals surface area contributed by atoms with Crippen molar-refractivity contribution in [1.82, 2.24) is 0 Å². The van der Waals surface area contributed by atoms with Crippen LogP contribution in [0.15, 0.2) is 25.3 Å². The van der Waals surface area contributed by atoms with Crippen molar-refractivity contribution in [1.29, 1.82) is 0 Å². The predicted molar refractivity (Wildman–Crippen MR) is 40.2 cm³/mol. The van der Waals surface area contributed by atoms with Crippen LogP contribution < -0.4 is 0 Å². The molecule has 10 heavy (non-hydrogen) atoms. The van der Waals surface area contributed by atoms with Crippen LogP contribution in [0.5, 0.6) is 0 Å². The van der Waals surface area contributed by atoms with Crippen molar-refractivity contribution in [3.63, 3.8) is 0 Å². The van der Waals surface area contributed by atoms with E-state index in [0.29, 0.717) is 5.92 Å². The van der Waals surface area contributed by atoms with Crippen molar-refractivity contribution < 1.29 is 15.0 Å². The Balaban J connectivity index is 0. The molecular weight excluding hydrogens is 132 g/mol. The molecule has 0 amide bonds. The predicted octanol–water partition coefficient (Wildman–Crippen LogP) is 2.22. The van der Waals surface area contributed by atoms with Gasteiger partial charge in [0, 0.05) is 0 Å². The summed E-state index contributed by atoms with van der Waals surface area (Å²) < 4.78 is 0. The maximum atomic E-state index is 8.56. The van der Waals surface area contributed by atoms with E-state index in [4.69, 9.17) is 15.0 Å². The lowest BCUT2D eigenvalue weighted by molar-refractivity contribution is 0.137. The number of rotatable bonds is 2. The lowest BCUT2D eigenvalue weighted by atomic mass is 10.2. The van der Waals surface area contributed by atoms with E-state index in [-0.39, 0.29) is 0 Å². The van der Waals surface area contributed by atoms with Gasteiger partial charge in [-0.25, -0.2) is 4.79 Å². The van der Waals surface area contributed by atoms with Gasteiger partial charge in [0.25, 0.3) is 0 Å². The van der Waals surface area contributed by atoms with Crippen LogP contribution in [0.2, 0.25) is 0 Å². The van der Waals surface area contributed by atoms with Gasteiger partial charge in [-0.1, -0.05) is 19.1 Å². The highest BCUT2D eigenvalue weighted by atomic mass is 16.6. The van der Waals surface area contributed by atoms with Crippen LogP contribution in [0.3, 0.4) is 0 Å². The quantitative estimate of drug-likeness (QED) is 0.584. The van der Waals surface area contributed by atoms with Gasteiger partial charge < -0.3 is 10.2 Å². The van der Waals surface area contributed by atoms with Crippen molar-refractivity contribution >= 4 is 6.16 Å². The summed E-state index contributed by atoms with van der Waals surface area (Å²) in [6, 6.07) is 0. The molecule has 0 fully saturated rings. The third-order valence-electron chi connectivity index (χ3n) is 0.744. The summed E-state index contributed by atoms with van der Waals surface area (Å²) in [5.74, 6) is 0.463. The van der Waals surface area contributed by atoms with E-state index in [2.05, 4.69) is 13.2 Å². The summed E-state index contributed by atoms with van der Waals surface area (Å²) in [6.45, 7) is 9.16. The van der Waals surface area contributed by atoms with E-state index in [1.807, 2.05) is 19.1 Å². The first-order chi connectivity index (χ1) is 4.54. The Kier molecular flexibility index (Phi) is 8.94. The van der Waals surface area contributed by atoms with Crippen molar-refractivity contribution in [3.8, 4) is 0 Å². The van der Waals surface area contributed by atoms with Crippen molar-refractivity contribution in [3.05, 3.63) is 25.3 Å². The lowest BCUT2D eigenvalue weighted by Gasteiger charge is -1.88. The van der Waals surface area contributed by atoms with E-state index in [1.54, 1.807) is 0 Å². The molecule has 0 aliphatic heterocycles. The molecule has 0 aliphatic rings. The topological polar surface area (TPSA) is 57.5 Å². The second-order valence-electron chi connectivity index (χ2n) is 1.61. The van der Waals surface area contributed by atoms with Crippen molar-refractivity contribution in [2.45, 2.75) is 6.92 Å². The van der Waals surface area contributed by atoms with Gasteiger partial charge in [0.1, 0.15) is 0 Å². The van der Waals surface area contributed by atoms with E-state index in [0.717, 1.165) is 0 Å². The fraction of sp³-hybridized carbons (Fsp3) is 0.286. The second kappa shape index (κ2) is 7.75. The fourth-order valence-corrected chi connectivity index (χ4v) is 0.0962. The van der Waals surface area contributed by atoms with Crippen molar-refractivity contribution in [2.75, 3.05) is 0 Å². The molecule has 0 rings (SSSR count). The van der Waals surface area contributed by atoms with Crippen LogP contribution in [0.25, 0.3) is 0 Å². The number of carbonyl (C=O) groups is 1. The minimum atomic E-state index is -1.83. The van der Waals surface area contributed by atoms with Crippen molar-refractivity contribution in [2.24, 2.45) is 5.92 Å². The maximum Gasteiger partial charge on any atom is 0.503 e. The number of hydrogen-bond donors (Lipinski definition) is 2. The minimum Gasteiger partial charge on any atom is -0.450 e. The highest BCUT2D eigenvalue weighted by molar-refractivity contribution is 5.53. The molecule has 0 heterocycles. The van der Waals surface area contributed by atoms with Gasteiger partial charge in [-0.05, 0) is 5.92 Å². The molecule has 2 N–H and O–H groups in total. The standard InChI is InChI=1S/C6H10.CH2O3/c1-4-6(3)5-2;2-1(3)4/h4-6H,1-2H2,3H3;(H2,2,3,4). The molecular formula is C7H12O3. The monoisotopic (exact) mass is 144 g/mol. The lowest BCUT2D eigenvalue weighted by Crippen LogP contribution is -1.81. The molecule has 0 bridgehead atoms. The fourth-order valence-electron chi connectivity index (χ4n) is 0.0962. The van der Waals surface area contributed by atoms with Crippen LogP contribution in [0, 0.1) is 5.92 Å². The second-order valence-corrected chi connectivity index (χ2v) is 1.61. The largest absolute Gasteiger partial charge is 0.503 e. The molecule has 58 valence electrons. The van der Waals surface area contributed by atoms with Crippen LogP contribution in [-0.4, -0.2) is 16.4 Å². The zero-order chi connectivity index (χ0) is 8.57. The normalized spacial score (nSPS) is 7.40. The van der Waals surface area contributed by atoms with Gasteiger partial charge in [-0.2, -0.15) is 0 Å². The summed E-state index contributed by atoms with van der Waals surface area (Å²) in [4.78, 5) is 8.56. The summed E-state index contributed by atoms with van der Waals surface area (Å²) in [6.07, 6.45) is 1.88. The zero-order valence-electron chi connectivity index (χ0n) is 5.95. The van der Waals surface area contributed by atoms with Crippen LogP contribution in [0.1, 0.15) is 6.92 Å². The Labute approximate surface area is 60.3 Å². The minimum absolute atomic E-state index is 0.463. The highest BCUT2D eigenvalue weighted by Crippen LogP contribution is 1.92. The Morgan fingerprint density at radius 3 is 1.60 bits per heavy atom. The van der Waals surface area contributed by atoms with Gasteiger partial charge >= 0.3 is 6.16 Å². The number of carboxylic acid groups (broad SMARTS) is 2. The molecule has 0 aromatic heterocycles. The molecule has 0 aromatic rings. The third-order valence-corrected chi connectivity index (χ3v) is 0.744. The van der Waals surface area contributed by atoms with Crippen LogP contribution >= 0.6 is 0 Å². The summed E-state index contributed by atoms with van der Waals surface area (Å²) in [7, 11) is 0. The highest BCUT2D eigenvalue weighted by Gasteiger charge is 1.79. The maximum absolute atomic E-state index is 8.56. The summed E-state index contributed by atoms with van der Waals surface area (Å²) in [5.41, 5.74) is 0. The number of allylic oxidation sites excluding steroid dienone is 2. The molecule has 0 radical (unpaired) electrons. The summed E-state index contributed by atoms with van der Waals surface area (Å²) >= 11 is 0. The Morgan fingerprint density at radius 2 is 1.60 bits per heavy atom. The third kappa shape index (κ3) is 29.5. The first kappa shape index (κ1) is 11.5. The average molecular weight is 144 g/mol. The first-order valence-corrected chi connectivity index (χ1v) is 2.71. The molecule has 3 nitrogen and oxygen atoms in total. The molecule has 3 heteroatoms. The van der Waals surface area contributed by atoms with E-state index >= 15 is 0 Å². The molecule has 0 saturated heterocycles. The summed E-state index contributed by atoms with van der Waals surface area (Å²) in [5, 5.41) is 13.9. The molecule has 0 atom stereocenters.